The molecule has 2 aromatic rings. The standard InChI is InChI=1S/C18H24N4O4/c1-12(2)16(18(25)26)19-15(23)10-4-3-7-11-22-17(24)13-8-5-6-9-14(13)20-21-22/h5-6,8-9,12,16H,3-4,7,10-11H2,1-2H3,(H,19,23)(H,25,26)/t16-/m1/s1. The highest BCUT2D eigenvalue weighted by Crippen LogP contribution is 2.06. The average molecular weight is 360 g/mol. The van der Waals surface area contributed by atoms with Crippen LogP contribution in [0.5, 0.6) is 0 Å². The van der Waals surface area contributed by atoms with Crippen LogP contribution in [0.15, 0.2) is 29.1 Å². The minimum absolute atomic E-state index is 0.171. The maximum absolute atomic E-state index is 12.3. The van der Waals surface area contributed by atoms with Crippen LogP contribution in [0.3, 0.4) is 0 Å². The molecule has 2 N–H and O–H groups in total. The molecular formula is C18H24N4O4. The van der Waals surface area contributed by atoms with Gasteiger partial charge in [-0.3, -0.25) is 9.59 Å². The number of nitrogens with one attached hydrogen (secondary N) is 1. The number of nitrogens with zero attached hydrogens (tertiary/aromatic N) is 3. The van der Waals surface area contributed by atoms with Gasteiger partial charge in [0, 0.05) is 13.0 Å². The Morgan fingerprint density at radius 1 is 1.19 bits per heavy atom. The van der Waals surface area contributed by atoms with Gasteiger partial charge >= 0.3 is 5.97 Å². The lowest BCUT2D eigenvalue weighted by molar-refractivity contribution is -0.143. The third-order valence-electron chi connectivity index (χ3n) is 4.15. The summed E-state index contributed by atoms with van der Waals surface area (Å²) in [5, 5.41) is 20.1. The van der Waals surface area contributed by atoms with E-state index in [1.54, 1.807) is 38.1 Å². The van der Waals surface area contributed by atoms with Gasteiger partial charge in [-0.05, 0) is 30.9 Å². The predicted octanol–water partition coefficient (Wildman–Crippen LogP) is 1.58. The minimum Gasteiger partial charge on any atom is -0.480 e. The molecule has 26 heavy (non-hydrogen) atoms. The van der Waals surface area contributed by atoms with Gasteiger partial charge in [0.1, 0.15) is 11.6 Å². The van der Waals surface area contributed by atoms with Crippen molar-refractivity contribution in [1.82, 2.24) is 20.3 Å². The zero-order valence-corrected chi connectivity index (χ0v) is 15.0. The van der Waals surface area contributed by atoms with Crippen LogP contribution in [-0.4, -0.2) is 38.0 Å². The topological polar surface area (TPSA) is 114 Å². The van der Waals surface area contributed by atoms with E-state index in [9.17, 15) is 14.4 Å². The largest absolute Gasteiger partial charge is 0.480 e. The van der Waals surface area contributed by atoms with Crippen molar-refractivity contribution in [2.75, 3.05) is 0 Å². The number of unbranched alkanes of at least 4 members (excludes halogenated alkanes) is 2. The molecule has 0 spiro atoms. The minimum atomic E-state index is -1.03. The Hall–Kier alpha value is -2.77. The van der Waals surface area contributed by atoms with E-state index in [0.29, 0.717) is 30.3 Å². The lowest BCUT2D eigenvalue weighted by atomic mass is 10.0. The molecule has 0 saturated heterocycles. The first kappa shape index (κ1) is 19.6. The van der Waals surface area contributed by atoms with Crippen LogP contribution < -0.4 is 10.9 Å². The fraction of sp³-hybridized carbons (Fsp3) is 0.500. The number of benzene rings is 1. The first-order valence-corrected chi connectivity index (χ1v) is 8.75. The Bertz CT molecular complexity index is 831. The quantitative estimate of drug-likeness (QED) is 0.656. The van der Waals surface area contributed by atoms with Crippen molar-refractivity contribution in [3.05, 3.63) is 34.6 Å². The van der Waals surface area contributed by atoms with Crippen molar-refractivity contribution >= 4 is 22.8 Å². The van der Waals surface area contributed by atoms with Crippen LogP contribution in [0.4, 0.5) is 0 Å². The van der Waals surface area contributed by atoms with Crippen LogP contribution in [0.1, 0.15) is 39.5 Å². The van der Waals surface area contributed by atoms with E-state index in [-0.39, 0.29) is 23.8 Å². The van der Waals surface area contributed by atoms with Crippen molar-refractivity contribution in [1.29, 1.82) is 0 Å². The van der Waals surface area contributed by atoms with Gasteiger partial charge in [0.05, 0.1) is 5.39 Å². The summed E-state index contributed by atoms with van der Waals surface area (Å²) in [6, 6.07) is 6.19. The molecule has 0 bridgehead atoms. The average Bonchev–Trinajstić information content (AvgIpc) is 2.60. The van der Waals surface area contributed by atoms with E-state index in [4.69, 9.17) is 5.11 Å². The molecular weight excluding hydrogens is 336 g/mol. The normalized spacial score (nSPS) is 12.3. The summed E-state index contributed by atoms with van der Waals surface area (Å²) >= 11 is 0. The van der Waals surface area contributed by atoms with E-state index >= 15 is 0 Å². The fourth-order valence-corrected chi connectivity index (χ4v) is 2.65. The first-order valence-electron chi connectivity index (χ1n) is 8.75. The monoisotopic (exact) mass is 360 g/mol. The maximum Gasteiger partial charge on any atom is 0.326 e. The zero-order chi connectivity index (χ0) is 19.1. The van der Waals surface area contributed by atoms with Gasteiger partial charge in [0.15, 0.2) is 0 Å². The molecule has 1 aromatic heterocycles. The Kier molecular flexibility index (Phi) is 6.82. The molecule has 0 aliphatic heterocycles. The van der Waals surface area contributed by atoms with Gasteiger partial charge < -0.3 is 10.4 Å². The van der Waals surface area contributed by atoms with Gasteiger partial charge in [-0.25, -0.2) is 9.48 Å². The number of rotatable bonds is 9. The number of carboxylic acid groups (broad SMARTS) is 1. The van der Waals surface area contributed by atoms with Crippen molar-refractivity contribution in [3.8, 4) is 0 Å². The van der Waals surface area contributed by atoms with E-state index in [1.807, 2.05) is 0 Å². The van der Waals surface area contributed by atoms with Gasteiger partial charge in [-0.1, -0.05) is 37.6 Å². The van der Waals surface area contributed by atoms with Crippen molar-refractivity contribution in [2.24, 2.45) is 5.92 Å². The molecule has 0 aliphatic carbocycles. The van der Waals surface area contributed by atoms with Crippen molar-refractivity contribution < 1.29 is 14.7 Å². The summed E-state index contributed by atoms with van der Waals surface area (Å²) < 4.78 is 1.33. The second kappa shape index (κ2) is 9.07. The number of fused-ring (bicyclic) bond motifs is 1. The predicted molar refractivity (Wildman–Crippen MR) is 96.7 cm³/mol. The zero-order valence-electron chi connectivity index (χ0n) is 15.0. The summed E-state index contributed by atoms with van der Waals surface area (Å²) in [6.07, 6.45) is 2.29. The summed E-state index contributed by atoms with van der Waals surface area (Å²) in [5.74, 6) is -1.47. The molecule has 1 heterocycles. The number of carboxylic acids is 1. The second-order valence-electron chi connectivity index (χ2n) is 6.57. The molecule has 0 unspecified atom stereocenters. The van der Waals surface area contributed by atoms with Crippen LogP contribution in [-0.2, 0) is 16.1 Å². The molecule has 8 heteroatoms. The molecule has 8 nitrogen and oxygen atoms in total. The fourth-order valence-electron chi connectivity index (χ4n) is 2.65. The van der Waals surface area contributed by atoms with E-state index in [0.717, 1.165) is 6.42 Å². The lowest BCUT2D eigenvalue weighted by Crippen LogP contribution is -2.44. The Morgan fingerprint density at radius 2 is 1.92 bits per heavy atom. The second-order valence-corrected chi connectivity index (χ2v) is 6.57. The highest BCUT2D eigenvalue weighted by Gasteiger charge is 2.22. The third-order valence-corrected chi connectivity index (χ3v) is 4.15. The highest BCUT2D eigenvalue weighted by atomic mass is 16.4. The number of hydrogen-bond donors (Lipinski definition) is 2. The molecule has 0 radical (unpaired) electrons. The Morgan fingerprint density at radius 3 is 2.62 bits per heavy atom. The third kappa shape index (κ3) is 5.11. The van der Waals surface area contributed by atoms with Crippen LogP contribution in [0.25, 0.3) is 10.9 Å². The Balaban J connectivity index is 1.77. The molecule has 1 amide bonds. The number of carbonyl (C=O) groups excluding carboxylic acids is 1. The van der Waals surface area contributed by atoms with E-state index in [2.05, 4.69) is 15.6 Å². The number of aliphatic carboxylic acids is 1. The summed E-state index contributed by atoms with van der Waals surface area (Å²) in [6.45, 7) is 3.94. The Labute approximate surface area is 151 Å². The van der Waals surface area contributed by atoms with E-state index < -0.39 is 12.0 Å². The molecule has 0 fully saturated rings. The van der Waals surface area contributed by atoms with Gasteiger partial charge in [0.25, 0.3) is 5.56 Å². The van der Waals surface area contributed by atoms with Gasteiger partial charge in [0.2, 0.25) is 5.91 Å². The summed E-state index contributed by atoms with van der Waals surface area (Å²) in [7, 11) is 0. The summed E-state index contributed by atoms with van der Waals surface area (Å²) in [4.78, 5) is 35.2. The van der Waals surface area contributed by atoms with Gasteiger partial charge in [-0.15, -0.1) is 5.10 Å². The van der Waals surface area contributed by atoms with E-state index in [1.165, 1.54) is 4.68 Å². The van der Waals surface area contributed by atoms with Crippen LogP contribution >= 0.6 is 0 Å². The molecule has 0 aliphatic rings. The van der Waals surface area contributed by atoms with Crippen molar-refractivity contribution in [3.63, 3.8) is 0 Å². The SMILES string of the molecule is CC(C)[C@@H](NC(=O)CCCCCn1nnc2ccccc2c1=O)C(=O)O. The number of aryl methyl sites for hydroxylation is 1. The molecule has 140 valence electrons. The number of amides is 1. The molecule has 0 saturated carbocycles. The number of carbonyl (C=O) groups is 2. The van der Waals surface area contributed by atoms with Crippen molar-refractivity contribution in [2.45, 2.75) is 52.1 Å². The number of aromatic nitrogens is 3. The van der Waals surface area contributed by atoms with Crippen LogP contribution in [0, 0.1) is 5.92 Å². The lowest BCUT2D eigenvalue weighted by Gasteiger charge is -2.17. The smallest absolute Gasteiger partial charge is 0.326 e. The first-order chi connectivity index (χ1) is 12.4. The maximum atomic E-state index is 12.3. The highest BCUT2D eigenvalue weighted by molar-refractivity contribution is 5.83. The molecule has 2 rings (SSSR count). The van der Waals surface area contributed by atoms with Crippen LogP contribution in [0.2, 0.25) is 0 Å². The van der Waals surface area contributed by atoms with Gasteiger partial charge in [-0.2, -0.15) is 0 Å². The summed E-state index contributed by atoms with van der Waals surface area (Å²) in [5.41, 5.74) is 0.401. The number of hydrogen-bond acceptors (Lipinski definition) is 5. The molecule has 1 aromatic carbocycles. The molecule has 1 atom stereocenters.